The van der Waals surface area contributed by atoms with Crippen molar-refractivity contribution in [3.63, 3.8) is 0 Å². The highest BCUT2D eigenvalue weighted by molar-refractivity contribution is 5.00. The zero-order valence-corrected chi connectivity index (χ0v) is 11.5. The van der Waals surface area contributed by atoms with Crippen molar-refractivity contribution in [3.8, 4) is 0 Å². The molecule has 0 amide bonds. The van der Waals surface area contributed by atoms with Crippen LogP contribution < -0.4 is 5.73 Å². The second-order valence-electron chi connectivity index (χ2n) is 5.91. The summed E-state index contributed by atoms with van der Waals surface area (Å²) in [6.45, 7) is 8.09. The molecule has 2 aliphatic rings. The average molecular weight is 240 g/mol. The van der Waals surface area contributed by atoms with Crippen molar-refractivity contribution < 1.29 is 0 Å². The number of rotatable bonds is 5. The second kappa shape index (κ2) is 5.65. The van der Waals surface area contributed by atoms with E-state index in [9.17, 15) is 0 Å². The quantitative estimate of drug-likeness (QED) is 0.736. The molecule has 0 spiro atoms. The Kier molecular flexibility index (Phi) is 4.42. The van der Waals surface area contributed by atoms with Gasteiger partial charge in [-0.1, -0.05) is 0 Å². The maximum atomic E-state index is 5.97. The van der Waals surface area contributed by atoms with Crippen molar-refractivity contribution in [2.45, 2.75) is 24.8 Å². The molecule has 1 aliphatic carbocycles. The van der Waals surface area contributed by atoms with E-state index < -0.39 is 0 Å². The molecule has 0 radical (unpaired) electrons. The van der Waals surface area contributed by atoms with Gasteiger partial charge in [0.15, 0.2) is 0 Å². The van der Waals surface area contributed by atoms with Crippen LogP contribution in [0.25, 0.3) is 0 Å². The van der Waals surface area contributed by atoms with Crippen molar-refractivity contribution in [1.29, 1.82) is 0 Å². The normalized spacial score (nSPS) is 26.1. The van der Waals surface area contributed by atoms with Gasteiger partial charge < -0.3 is 10.6 Å². The fourth-order valence-electron chi connectivity index (χ4n) is 3.02. The molecule has 0 aromatic heterocycles. The summed E-state index contributed by atoms with van der Waals surface area (Å²) in [6, 6.07) is 0. The highest BCUT2D eigenvalue weighted by Gasteiger charge is 2.41. The predicted octanol–water partition coefficient (Wildman–Crippen LogP) is 0.0470. The average Bonchev–Trinajstić information content (AvgIpc) is 2.27. The molecule has 0 aromatic rings. The Morgan fingerprint density at radius 3 is 2.18 bits per heavy atom. The summed E-state index contributed by atoms with van der Waals surface area (Å²) in [7, 11) is 4.29. The van der Waals surface area contributed by atoms with Gasteiger partial charge in [-0.05, 0) is 33.4 Å². The Morgan fingerprint density at radius 2 is 1.76 bits per heavy atom. The molecule has 1 saturated carbocycles. The summed E-state index contributed by atoms with van der Waals surface area (Å²) in [5.74, 6) is 0. The summed E-state index contributed by atoms with van der Waals surface area (Å²) in [4.78, 5) is 7.50. The van der Waals surface area contributed by atoms with Gasteiger partial charge in [0.2, 0.25) is 0 Å². The molecule has 100 valence electrons. The van der Waals surface area contributed by atoms with Gasteiger partial charge >= 0.3 is 0 Å². The van der Waals surface area contributed by atoms with E-state index in [0.29, 0.717) is 5.54 Å². The molecule has 1 aliphatic heterocycles. The van der Waals surface area contributed by atoms with E-state index in [1.807, 2.05) is 0 Å². The lowest BCUT2D eigenvalue weighted by molar-refractivity contribution is -0.0131. The van der Waals surface area contributed by atoms with E-state index >= 15 is 0 Å². The van der Waals surface area contributed by atoms with E-state index in [0.717, 1.165) is 6.54 Å². The van der Waals surface area contributed by atoms with Crippen LogP contribution in [0.3, 0.4) is 0 Å². The van der Waals surface area contributed by atoms with Crippen molar-refractivity contribution >= 4 is 0 Å². The first-order valence-corrected chi connectivity index (χ1v) is 6.98. The molecular weight excluding hydrogens is 212 g/mol. The van der Waals surface area contributed by atoms with Crippen molar-refractivity contribution in [2.75, 3.05) is 59.9 Å². The number of piperazine rings is 1. The summed E-state index contributed by atoms with van der Waals surface area (Å²) in [5.41, 5.74) is 6.35. The van der Waals surface area contributed by atoms with Crippen molar-refractivity contribution in [1.82, 2.24) is 14.7 Å². The van der Waals surface area contributed by atoms with Gasteiger partial charge in [-0.15, -0.1) is 0 Å². The number of nitrogens with zero attached hydrogens (tertiary/aromatic N) is 3. The molecule has 17 heavy (non-hydrogen) atoms. The second-order valence-corrected chi connectivity index (χ2v) is 5.91. The van der Waals surface area contributed by atoms with E-state index in [-0.39, 0.29) is 0 Å². The highest BCUT2D eigenvalue weighted by atomic mass is 15.3. The first-order chi connectivity index (χ1) is 8.16. The lowest BCUT2D eigenvalue weighted by atomic mass is 9.75. The Bertz CT molecular complexity index is 224. The minimum atomic E-state index is 0.383. The molecule has 4 nitrogen and oxygen atoms in total. The Hall–Kier alpha value is -0.160. The number of hydrogen-bond acceptors (Lipinski definition) is 4. The summed E-state index contributed by atoms with van der Waals surface area (Å²) in [6.07, 6.45) is 4.01. The van der Waals surface area contributed by atoms with Crippen LogP contribution in [0.15, 0.2) is 0 Å². The fourth-order valence-corrected chi connectivity index (χ4v) is 3.02. The fraction of sp³-hybridized carbons (Fsp3) is 1.00. The van der Waals surface area contributed by atoms with Gasteiger partial charge in [0.1, 0.15) is 0 Å². The van der Waals surface area contributed by atoms with Gasteiger partial charge in [0.25, 0.3) is 0 Å². The molecule has 0 aromatic carbocycles. The minimum absolute atomic E-state index is 0.383. The van der Waals surface area contributed by atoms with E-state index in [4.69, 9.17) is 5.73 Å². The molecule has 2 fully saturated rings. The largest absolute Gasteiger partial charge is 0.329 e. The molecule has 4 heteroatoms. The summed E-state index contributed by atoms with van der Waals surface area (Å²) < 4.78 is 0. The van der Waals surface area contributed by atoms with Crippen LogP contribution in [-0.2, 0) is 0 Å². The van der Waals surface area contributed by atoms with Crippen LogP contribution in [0.4, 0.5) is 0 Å². The molecule has 1 heterocycles. The lowest BCUT2D eigenvalue weighted by Crippen LogP contribution is -2.63. The van der Waals surface area contributed by atoms with Gasteiger partial charge in [0.05, 0.1) is 0 Å². The van der Waals surface area contributed by atoms with Crippen LogP contribution in [0.2, 0.25) is 0 Å². The first-order valence-electron chi connectivity index (χ1n) is 6.98. The molecule has 0 unspecified atom stereocenters. The number of hydrogen-bond donors (Lipinski definition) is 1. The van der Waals surface area contributed by atoms with Crippen molar-refractivity contribution in [3.05, 3.63) is 0 Å². The van der Waals surface area contributed by atoms with Gasteiger partial charge in [-0.2, -0.15) is 0 Å². The number of likely N-dealkylation sites (N-methyl/N-ethyl adjacent to an activating group) is 1. The van der Waals surface area contributed by atoms with Gasteiger partial charge in [-0.3, -0.25) is 9.80 Å². The zero-order chi connectivity index (χ0) is 12.3. The maximum Gasteiger partial charge on any atom is 0.0332 e. The first kappa shape index (κ1) is 13.3. The van der Waals surface area contributed by atoms with Gasteiger partial charge in [0, 0.05) is 51.4 Å². The molecule has 0 atom stereocenters. The van der Waals surface area contributed by atoms with Crippen LogP contribution >= 0.6 is 0 Å². The van der Waals surface area contributed by atoms with Crippen LogP contribution in [0.5, 0.6) is 0 Å². The third-order valence-electron chi connectivity index (χ3n) is 4.57. The maximum absolute atomic E-state index is 5.97. The predicted molar refractivity (Wildman–Crippen MR) is 72.2 cm³/mol. The third kappa shape index (κ3) is 2.99. The van der Waals surface area contributed by atoms with Crippen molar-refractivity contribution in [2.24, 2.45) is 5.73 Å². The van der Waals surface area contributed by atoms with Crippen LogP contribution in [-0.4, -0.2) is 80.1 Å². The summed E-state index contributed by atoms with van der Waals surface area (Å²) in [5, 5.41) is 0. The SMILES string of the molecule is CN(C)CCN1CCN(C2(CN)CCC2)CC1. The monoisotopic (exact) mass is 240 g/mol. The zero-order valence-electron chi connectivity index (χ0n) is 11.5. The molecule has 2 rings (SSSR count). The standard InChI is InChI=1S/C13H28N4/c1-15(2)6-7-16-8-10-17(11-9-16)13(12-14)4-3-5-13/h3-12,14H2,1-2H3. The van der Waals surface area contributed by atoms with Crippen LogP contribution in [0.1, 0.15) is 19.3 Å². The molecular formula is C13H28N4. The lowest BCUT2D eigenvalue weighted by Gasteiger charge is -2.52. The van der Waals surface area contributed by atoms with Gasteiger partial charge in [-0.25, -0.2) is 0 Å². The summed E-state index contributed by atoms with van der Waals surface area (Å²) >= 11 is 0. The van der Waals surface area contributed by atoms with E-state index in [2.05, 4.69) is 28.8 Å². The smallest absolute Gasteiger partial charge is 0.0332 e. The number of nitrogens with two attached hydrogens (primary N) is 1. The van der Waals surface area contributed by atoms with Crippen LogP contribution in [0, 0.1) is 0 Å². The highest BCUT2D eigenvalue weighted by Crippen LogP contribution is 2.37. The third-order valence-corrected chi connectivity index (χ3v) is 4.57. The Balaban J connectivity index is 1.74. The topological polar surface area (TPSA) is 35.7 Å². The van der Waals surface area contributed by atoms with E-state index in [1.54, 1.807) is 0 Å². The Labute approximate surface area is 106 Å². The molecule has 1 saturated heterocycles. The van der Waals surface area contributed by atoms with E-state index in [1.165, 1.54) is 58.5 Å². The molecule has 2 N–H and O–H groups in total. The Morgan fingerprint density at radius 1 is 1.12 bits per heavy atom. The molecule has 0 bridgehead atoms. The minimum Gasteiger partial charge on any atom is -0.329 e.